The lowest BCUT2D eigenvalue weighted by Crippen LogP contribution is -2.41. The summed E-state index contributed by atoms with van der Waals surface area (Å²) in [5.74, 6) is -0.128. The summed E-state index contributed by atoms with van der Waals surface area (Å²) in [6, 6.07) is 3.20. The Hall–Kier alpha value is -4.01. The number of amides is 2. The molecule has 0 unspecified atom stereocenters. The summed E-state index contributed by atoms with van der Waals surface area (Å²) >= 11 is 0.956. The van der Waals surface area contributed by atoms with Crippen LogP contribution in [0.4, 0.5) is 34.5 Å². The molecule has 1 saturated heterocycles. The van der Waals surface area contributed by atoms with Crippen LogP contribution in [0.5, 0.6) is 5.88 Å². The van der Waals surface area contributed by atoms with Gasteiger partial charge in [0, 0.05) is 32.0 Å². The van der Waals surface area contributed by atoms with Crippen molar-refractivity contribution in [3.63, 3.8) is 0 Å². The topological polar surface area (TPSA) is 142 Å². The fourth-order valence-electron chi connectivity index (χ4n) is 3.43. The zero-order valence-corrected chi connectivity index (χ0v) is 19.6. The number of carbonyl (C=O) groups excluding carboxylic acids is 1. The summed E-state index contributed by atoms with van der Waals surface area (Å²) in [5.41, 5.74) is -0.122. The van der Waals surface area contributed by atoms with E-state index in [1.165, 1.54) is 11.1 Å². The molecule has 4 heterocycles. The summed E-state index contributed by atoms with van der Waals surface area (Å²) in [6.45, 7) is 2.40. The first-order chi connectivity index (χ1) is 17.1. The van der Waals surface area contributed by atoms with Crippen molar-refractivity contribution in [1.82, 2.24) is 24.2 Å². The van der Waals surface area contributed by atoms with Crippen molar-refractivity contribution in [2.45, 2.75) is 32.0 Å². The lowest BCUT2D eigenvalue weighted by molar-refractivity contribution is -0.141. The first-order valence-electron chi connectivity index (χ1n) is 10.6. The maximum Gasteiger partial charge on any atom is 0.434 e. The van der Waals surface area contributed by atoms with E-state index in [1.807, 2.05) is 0 Å². The van der Waals surface area contributed by atoms with Crippen molar-refractivity contribution in [3.05, 3.63) is 47.7 Å². The van der Waals surface area contributed by atoms with E-state index in [9.17, 15) is 22.8 Å². The molecule has 0 saturated carbocycles. The number of carbonyl (C=O) groups is 2. The predicted octanol–water partition coefficient (Wildman–Crippen LogP) is 4.17. The highest BCUT2D eigenvalue weighted by Gasteiger charge is 2.33. The van der Waals surface area contributed by atoms with Crippen molar-refractivity contribution >= 4 is 40.0 Å². The molecule has 3 aromatic heterocycles. The van der Waals surface area contributed by atoms with Crippen LogP contribution >= 0.6 is 11.5 Å². The van der Waals surface area contributed by atoms with Gasteiger partial charge in [-0.25, -0.2) is 19.7 Å². The molecule has 1 fully saturated rings. The molecule has 0 bridgehead atoms. The van der Waals surface area contributed by atoms with E-state index in [0.717, 1.165) is 17.7 Å². The van der Waals surface area contributed by atoms with Crippen molar-refractivity contribution < 1.29 is 32.6 Å². The Labute approximate surface area is 206 Å². The van der Waals surface area contributed by atoms with Crippen LogP contribution in [-0.2, 0) is 6.18 Å². The molecule has 0 atom stereocenters. The van der Waals surface area contributed by atoms with Gasteiger partial charge in [-0.2, -0.15) is 17.5 Å². The fraction of sp³-hybridized carbons (Fsp3) is 0.333. The van der Waals surface area contributed by atoms with Gasteiger partial charge in [0.1, 0.15) is 16.9 Å². The summed E-state index contributed by atoms with van der Waals surface area (Å²) in [6.07, 6.45) is -1.67. The number of likely N-dealkylation sites (tertiary alicyclic amines) is 1. The molecule has 0 radical (unpaired) electrons. The maximum absolute atomic E-state index is 12.9. The van der Waals surface area contributed by atoms with Crippen LogP contribution in [0.2, 0.25) is 0 Å². The summed E-state index contributed by atoms with van der Waals surface area (Å²) < 4.78 is 48.0. The largest absolute Gasteiger partial charge is 0.474 e. The van der Waals surface area contributed by atoms with E-state index in [4.69, 9.17) is 9.84 Å². The van der Waals surface area contributed by atoms with Gasteiger partial charge in [-0.3, -0.25) is 4.79 Å². The average Bonchev–Trinajstić information content (AvgIpc) is 3.20. The highest BCUT2D eigenvalue weighted by atomic mass is 32.1. The minimum absolute atomic E-state index is 0.0260. The third-order valence-corrected chi connectivity index (χ3v) is 6.12. The Bertz CT molecular complexity index is 1230. The number of alkyl halides is 3. The number of rotatable bonds is 6. The number of halogens is 3. The number of aromatic nitrogens is 4. The quantitative estimate of drug-likeness (QED) is 0.434. The Morgan fingerprint density at radius 3 is 2.47 bits per heavy atom. The van der Waals surface area contributed by atoms with E-state index in [1.54, 1.807) is 19.1 Å². The molecular weight excluding hydrogens is 503 g/mol. The second-order valence-corrected chi connectivity index (χ2v) is 8.58. The highest BCUT2D eigenvalue weighted by molar-refractivity contribution is 7.10. The monoisotopic (exact) mass is 523 g/mol. The molecule has 0 spiro atoms. The third-order valence-electron chi connectivity index (χ3n) is 5.27. The molecule has 11 nitrogen and oxygen atoms in total. The Morgan fingerprint density at radius 2 is 1.89 bits per heavy atom. The number of pyridine rings is 1. The lowest BCUT2D eigenvalue weighted by atomic mass is 10.1. The number of ether oxygens (including phenoxy) is 1. The van der Waals surface area contributed by atoms with Gasteiger partial charge in [0.2, 0.25) is 5.88 Å². The zero-order chi connectivity index (χ0) is 25.9. The zero-order valence-electron chi connectivity index (χ0n) is 18.7. The third kappa shape index (κ3) is 5.97. The van der Waals surface area contributed by atoms with Crippen molar-refractivity contribution in [3.8, 4) is 5.88 Å². The molecular formula is C21H20F3N7O4S. The van der Waals surface area contributed by atoms with Gasteiger partial charge in [-0.15, -0.1) is 0 Å². The Balaban J connectivity index is 1.37. The first kappa shape index (κ1) is 25.1. The number of aryl methyl sites for hydroxylation is 1. The molecule has 15 heteroatoms. The van der Waals surface area contributed by atoms with Crippen LogP contribution in [0, 0.1) is 6.92 Å². The number of nitrogens with one attached hydrogen (secondary N) is 2. The second kappa shape index (κ2) is 10.3. The number of piperidine rings is 1. The van der Waals surface area contributed by atoms with Gasteiger partial charge in [0.15, 0.2) is 5.69 Å². The molecule has 3 N–H and O–H groups in total. The molecule has 2 amide bonds. The van der Waals surface area contributed by atoms with Crippen molar-refractivity contribution in [2.24, 2.45) is 0 Å². The van der Waals surface area contributed by atoms with Crippen LogP contribution in [0.3, 0.4) is 0 Å². The summed E-state index contributed by atoms with van der Waals surface area (Å²) in [4.78, 5) is 36.5. The molecule has 0 aliphatic carbocycles. The van der Waals surface area contributed by atoms with E-state index >= 15 is 0 Å². The standard InChI is InChI=1S/C21H20F3N7O4S/c1-11-17(19(36-30-11)29-15-10-25-14(9-26-15)21(22,23)24)18(32)28-12-2-3-16(27-8-12)35-13-4-6-31(7-5-13)20(33)34/h2-3,8-10,13H,4-7H2,1H3,(H,26,29)(H,28,32)(H,33,34). The van der Waals surface area contributed by atoms with Gasteiger partial charge in [-0.05, 0) is 24.5 Å². The normalized spacial score (nSPS) is 14.4. The number of carboxylic acid groups (broad SMARTS) is 1. The van der Waals surface area contributed by atoms with Crippen molar-refractivity contribution in [2.75, 3.05) is 23.7 Å². The highest BCUT2D eigenvalue weighted by Crippen LogP contribution is 2.30. The first-order valence-corrected chi connectivity index (χ1v) is 11.4. The molecule has 36 heavy (non-hydrogen) atoms. The second-order valence-electron chi connectivity index (χ2n) is 7.81. The fourth-order valence-corrected chi connectivity index (χ4v) is 4.23. The SMILES string of the molecule is Cc1nsc(Nc2cnc(C(F)(F)F)cn2)c1C(=O)Nc1ccc(OC2CCN(C(=O)O)CC2)nc1. The van der Waals surface area contributed by atoms with E-state index < -0.39 is 23.9 Å². The van der Waals surface area contributed by atoms with E-state index in [0.29, 0.717) is 54.4 Å². The maximum atomic E-state index is 12.9. The number of nitrogens with zero attached hydrogens (tertiary/aromatic N) is 5. The van der Waals surface area contributed by atoms with Gasteiger partial charge in [0.05, 0.1) is 35.5 Å². The average molecular weight is 523 g/mol. The van der Waals surface area contributed by atoms with Gasteiger partial charge >= 0.3 is 12.3 Å². The van der Waals surface area contributed by atoms with Gasteiger partial charge < -0.3 is 25.4 Å². The number of hydrogen-bond donors (Lipinski definition) is 3. The molecule has 4 rings (SSSR count). The number of anilines is 3. The molecule has 1 aliphatic heterocycles. The summed E-state index contributed by atoms with van der Waals surface area (Å²) in [5, 5.41) is 14.8. The minimum Gasteiger partial charge on any atom is -0.474 e. The number of hydrogen-bond acceptors (Lipinski definition) is 9. The minimum atomic E-state index is -4.61. The van der Waals surface area contributed by atoms with Crippen LogP contribution in [-0.4, -0.2) is 60.5 Å². The van der Waals surface area contributed by atoms with Crippen LogP contribution in [0.15, 0.2) is 30.7 Å². The molecule has 1 aliphatic rings. The Kier molecular flexibility index (Phi) is 7.19. The summed E-state index contributed by atoms with van der Waals surface area (Å²) in [7, 11) is 0. The van der Waals surface area contributed by atoms with E-state index in [2.05, 4.69) is 30.0 Å². The van der Waals surface area contributed by atoms with E-state index in [-0.39, 0.29) is 17.5 Å². The molecule has 190 valence electrons. The van der Waals surface area contributed by atoms with Crippen LogP contribution in [0.1, 0.15) is 34.6 Å². The van der Waals surface area contributed by atoms with Gasteiger partial charge in [0.25, 0.3) is 5.91 Å². The lowest BCUT2D eigenvalue weighted by Gasteiger charge is -2.29. The molecule has 0 aromatic carbocycles. The predicted molar refractivity (Wildman–Crippen MR) is 123 cm³/mol. The smallest absolute Gasteiger partial charge is 0.434 e. The Morgan fingerprint density at radius 1 is 1.14 bits per heavy atom. The van der Waals surface area contributed by atoms with Crippen molar-refractivity contribution in [1.29, 1.82) is 0 Å². The molecule has 3 aromatic rings. The van der Waals surface area contributed by atoms with Crippen LogP contribution < -0.4 is 15.4 Å². The van der Waals surface area contributed by atoms with Gasteiger partial charge in [-0.1, -0.05) is 0 Å². The van der Waals surface area contributed by atoms with Crippen LogP contribution in [0.25, 0.3) is 0 Å².